The standard InChI is InChI=1S/C22H23N3O4/c1-4-19-23-13-18(21(26)24-19)22(27)25-20(14-5-9-16(28-2)10-6-14)15-7-11-17(29-3)12-8-15/h5-13,20H,4H2,1-3H3,(H,25,27)(H,23,24,26). The average molecular weight is 393 g/mol. The van der Waals surface area contributed by atoms with Crippen molar-refractivity contribution in [2.75, 3.05) is 14.2 Å². The summed E-state index contributed by atoms with van der Waals surface area (Å²) >= 11 is 0. The predicted octanol–water partition coefficient (Wildman–Crippen LogP) is 3.28. The van der Waals surface area contributed by atoms with Gasteiger partial charge in [0.05, 0.1) is 20.3 Å². The number of carbonyl (C=O) groups excluding carboxylic acids is 1. The van der Waals surface area contributed by atoms with Crippen molar-refractivity contribution >= 4 is 5.91 Å². The Kier molecular flexibility index (Phi) is 6.29. The topological polar surface area (TPSA) is 93.6 Å². The van der Waals surface area contributed by atoms with Crippen LogP contribution in [-0.2, 0) is 6.42 Å². The summed E-state index contributed by atoms with van der Waals surface area (Å²) in [5.41, 5.74) is 1.74. The highest BCUT2D eigenvalue weighted by atomic mass is 16.5. The summed E-state index contributed by atoms with van der Waals surface area (Å²) in [5, 5.41) is 13.1. The highest BCUT2D eigenvalue weighted by molar-refractivity contribution is 5.96. The van der Waals surface area contributed by atoms with Crippen molar-refractivity contribution in [3.8, 4) is 17.4 Å². The molecule has 0 bridgehead atoms. The van der Waals surface area contributed by atoms with E-state index in [9.17, 15) is 9.90 Å². The zero-order chi connectivity index (χ0) is 20.8. The van der Waals surface area contributed by atoms with Gasteiger partial charge in [0.1, 0.15) is 22.9 Å². The lowest BCUT2D eigenvalue weighted by molar-refractivity contribution is 0.0939. The van der Waals surface area contributed by atoms with E-state index in [-0.39, 0.29) is 11.4 Å². The molecule has 0 aliphatic rings. The molecule has 1 amide bonds. The molecular weight excluding hydrogens is 370 g/mol. The minimum Gasteiger partial charge on any atom is -0.497 e. The number of benzene rings is 2. The van der Waals surface area contributed by atoms with E-state index in [2.05, 4.69) is 15.3 Å². The average Bonchev–Trinajstić information content (AvgIpc) is 2.77. The highest BCUT2D eigenvalue weighted by Gasteiger charge is 2.21. The fourth-order valence-electron chi connectivity index (χ4n) is 2.90. The van der Waals surface area contributed by atoms with Gasteiger partial charge in [0.15, 0.2) is 0 Å². The molecule has 29 heavy (non-hydrogen) atoms. The maximum atomic E-state index is 12.9. The molecule has 3 aromatic rings. The third-order valence-electron chi connectivity index (χ3n) is 4.55. The summed E-state index contributed by atoms with van der Waals surface area (Å²) in [6, 6.07) is 14.4. The van der Waals surface area contributed by atoms with E-state index in [1.165, 1.54) is 6.20 Å². The fraction of sp³-hybridized carbons (Fsp3) is 0.227. The molecule has 0 aliphatic carbocycles. The molecule has 0 radical (unpaired) electrons. The first-order valence-corrected chi connectivity index (χ1v) is 9.19. The van der Waals surface area contributed by atoms with Gasteiger partial charge in [-0.2, -0.15) is 4.98 Å². The molecule has 3 rings (SSSR count). The number of aromatic hydroxyl groups is 1. The van der Waals surface area contributed by atoms with Gasteiger partial charge < -0.3 is 19.9 Å². The van der Waals surface area contributed by atoms with E-state index in [0.717, 1.165) is 22.6 Å². The fourth-order valence-corrected chi connectivity index (χ4v) is 2.90. The molecule has 0 aliphatic heterocycles. The summed E-state index contributed by atoms with van der Waals surface area (Å²) in [6.45, 7) is 1.87. The molecule has 150 valence electrons. The SMILES string of the molecule is CCc1ncc(C(=O)NC(c2ccc(OC)cc2)c2ccc(OC)cc2)c(O)n1. The first kappa shape index (κ1) is 20.1. The Bertz CT molecular complexity index is 925. The van der Waals surface area contributed by atoms with Crippen molar-refractivity contribution in [1.29, 1.82) is 0 Å². The van der Waals surface area contributed by atoms with Crippen molar-refractivity contribution in [3.05, 3.63) is 77.2 Å². The van der Waals surface area contributed by atoms with Gasteiger partial charge in [-0.15, -0.1) is 0 Å². The minimum atomic E-state index is -0.471. The van der Waals surface area contributed by atoms with Crippen LogP contribution in [0.5, 0.6) is 17.4 Å². The van der Waals surface area contributed by atoms with Crippen molar-refractivity contribution in [1.82, 2.24) is 15.3 Å². The molecule has 0 unspecified atom stereocenters. The Morgan fingerprint density at radius 2 is 1.52 bits per heavy atom. The van der Waals surface area contributed by atoms with Crippen LogP contribution < -0.4 is 14.8 Å². The van der Waals surface area contributed by atoms with Gasteiger partial charge in [-0.25, -0.2) is 4.98 Å². The maximum Gasteiger partial charge on any atom is 0.259 e. The predicted molar refractivity (Wildman–Crippen MR) is 108 cm³/mol. The van der Waals surface area contributed by atoms with Gasteiger partial charge in [0.2, 0.25) is 5.88 Å². The van der Waals surface area contributed by atoms with Crippen molar-refractivity contribution in [2.24, 2.45) is 0 Å². The van der Waals surface area contributed by atoms with E-state index in [0.29, 0.717) is 12.2 Å². The van der Waals surface area contributed by atoms with Crippen LogP contribution in [0.15, 0.2) is 54.7 Å². The number of aryl methyl sites for hydroxylation is 1. The van der Waals surface area contributed by atoms with Crippen LogP contribution in [0.3, 0.4) is 0 Å². The lowest BCUT2D eigenvalue weighted by Crippen LogP contribution is -2.29. The molecular formula is C22H23N3O4. The second kappa shape index (κ2) is 9.05. The number of hydrogen-bond acceptors (Lipinski definition) is 6. The summed E-state index contributed by atoms with van der Waals surface area (Å²) < 4.78 is 10.4. The van der Waals surface area contributed by atoms with E-state index in [4.69, 9.17) is 9.47 Å². The number of nitrogens with zero attached hydrogens (tertiary/aromatic N) is 2. The van der Waals surface area contributed by atoms with E-state index in [1.807, 2.05) is 55.5 Å². The molecule has 0 atom stereocenters. The highest BCUT2D eigenvalue weighted by Crippen LogP contribution is 2.27. The number of methoxy groups -OCH3 is 2. The summed E-state index contributed by atoms with van der Waals surface area (Å²) in [6.07, 6.45) is 1.91. The number of carbonyl (C=O) groups is 1. The van der Waals surface area contributed by atoms with Crippen molar-refractivity contribution < 1.29 is 19.4 Å². The minimum absolute atomic E-state index is 0.0224. The van der Waals surface area contributed by atoms with Gasteiger partial charge in [-0.3, -0.25) is 4.79 Å². The Morgan fingerprint density at radius 3 is 1.93 bits per heavy atom. The van der Waals surface area contributed by atoms with Crippen LogP contribution >= 0.6 is 0 Å². The zero-order valence-electron chi connectivity index (χ0n) is 16.5. The van der Waals surface area contributed by atoms with Crippen LogP contribution in [-0.4, -0.2) is 35.2 Å². The lowest BCUT2D eigenvalue weighted by Gasteiger charge is -2.20. The van der Waals surface area contributed by atoms with Crippen LogP contribution in [0.1, 0.15) is 40.3 Å². The maximum absolute atomic E-state index is 12.9. The van der Waals surface area contributed by atoms with Crippen LogP contribution in [0.4, 0.5) is 0 Å². The van der Waals surface area contributed by atoms with Crippen molar-refractivity contribution in [2.45, 2.75) is 19.4 Å². The Labute approximate surface area is 169 Å². The van der Waals surface area contributed by atoms with Crippen LogP contribution in [0.25, 0.3) is 0 Å². The molecule has 7 nitrogen and oxygen atoms in total. The summed E-state index contributed by atoms with van der Waals surface area (Å²) in [5.74, 6) is 1.10. The Balaban J connectivity index is 1.94. The van der Waals surface area contributed by atoms with Gasteiger partial charge in [0, 0.05) is 12.6 Å². The van der Waals surface area contributed by atoms with Crippen LogP contribution in [0, 0.1) is 0 Å². The quantitative estimate of drug-likeness (QED) is 0.640. The van der Waals surface area contributed by atoms with E-state index < -0.39 is 11.9 Å². The molecule has 0 saturated heterocycles. The summed E-state index contributed by atoms with van der Waals surface area (Å²) in [4.78, 5) is 20.9. The number of hydrogen-bond donors (Lipinski definition) is 2. The number of aromatic nitrogens is 2. The van der Waals surface area contributed by atoms with E-state index in [1.54, 1.807) is 14.2 Å². The number of ether oxygens (including phenoxy) is 2. The molecule has 7 heteroatoms. The second-order valence-electron chi connectivity index (χ2n) is 6.33. The molecule has 2 aromatic carbocycles. The monoisotopic (exact) mass is 393 g/mol. The Hall–Kier alpha value is -3.61. The van der Waals surface area contributed by atoms with Crippen molar-refractivity contribution in [3.63, 3.8) is 0 Å². The first-order chi connectivity index (χ1) is 14.0. The van der Waals surface area contributed by atoms with Gasteiger partial charge in [-0.1, -0.05) is 31.2 Å². The lowest BCUT2D eigenvalue weighted by atomic mass is 9.98. The van der Waals surface area contributed by atoms with Gasteiger partial charge >= 0.3 is 0 Å². The second-order valence-corrected chi connectivity index (χ2v) is 6.33. The van der Waals surface area contributed by atoms with Crippen LogP contribution in [0.2, 0.25) is 0 Å². The molecule has 0 saturated carbocycles. The molecule has 0 fully saturated rings. The third-order valence-corrected chi connectivity index (χ3v) is 4.55. The first-order valence-electron chi connectivity index (χ1n) is 9.19. The number of nitrogens with one attached hydrogen (secondary N) is 1. The molecule has 0 spiro atoms. The molecule has 1 heterocycles. The third kappa shape index (κ3) is 4.63. The normalized spacial score (nSPS) is 10.6. The molecule has 1 aromatic heterocycles. The number of rotatable bonds is 7. The number of amides is 1. The zero-order valence-corrected chi connectivity index (χ0v) is 16.5. The van der Waals surface area contributed by atoms with Gasteiger partial charge in [0.25, 0.3) is 5.91 Å². The Morgan fingerprint density at radius 1 is 1.00 bits per heavy atom. The van der Waals surface area contributed by atoms with Gasteiger partial charge in [-0.05, 0) is 35.4 Å². The van der Waals surface area contributed by atoms with E-state index >= 15 is 0 Å². The largest absolute Gasteiger partial charge is 0.497 e. The molecule has 2 N–H and O–H groups in total. The smallest absolute Gasteiger partial charge is 0.259 e. The summed E-state index contributed by atoms with van der Waals surface area (Å²) in [7, 11) is 3.20.